The smallest absolute Gasteiger partial charge is 0.104 e. The molecule has 0 radical (unpaired) electrons. The second-order valence-corrected chi connectivity index (χ2v) is 5.14. The van der Waals surface area contributed by atoms with E-state index in [0.29, 0.717) is 6.54 Å². The van der Waals surface area contributed by atoms with Crippen LogP contribution in [0.4, 0.5) is 0 Å². The van der Waals surface area contributed by atoms with Crippen molar-refractivity contribution < 1.29 is 5.11 Å². The van der Waals surface area contributed by atoms with Gasteiger partial charge in [-0.1, -0.05) is 36.4 Å². The Balaban J connectivity index is 2.43. The lowest BCUT2D eigenvalue weighted by Crippen LogP contribution is -2.05. The first-order valence-electron chi connectivity index (χ1n) is 6.57. The molecule has 1 unspecified atom stereocenters. The van der Waals surface area contributed by atoms with Gasteiger partial charge in [-0.15, -0.1) is 0 Å². The number of hydrogen-bond donors (Lipinski definition) is 2. The van der Waals surface area contributed by atoms with E-state index in [1.54, 1.807) is 0 Å². The monoisotopic (exact) mass is 255 g/mol. The van der Waals surface area contributed by atoms with Gasteiger partial charge in [0, 0.05) is 6.54 Å². The van der Waals surface area contributed by atoms with Crippen molar-refractivity contribution >= 4 is 0 Å². The van der Waals surface area contributed by atoms with Gasteiger partial charge in [0.1, 0.15) is 6.10 Å². The van der Waals surface area contributed by atoms with Gasteiger partial charge in [-0.05, 0) is 54.2 Å². The van der Waals surface area contributed by atoms with Crippen molar-refractivity contribution in [3.05, 3.63) is 69.8 Å². The lowest BCUT2D eigenvalue weighted by atomic mass is 9.93. The molecular weight excluding hydrogens is 234 g/mol. The minimum Gasteiger partial charge on any atom is -0.384 e. The van der Waals surface area contributed by atoms with Crippen LogP contribution in [-0.2, 0) is 6.54 Å². The molecule has 0 aromatic heterocycles. The second-order valence-electron chi connectivity index (χ2n) is 5.14. The van der Waals surface area contributed by atoms with Gasteiger partial charge in [0.05, 0.1) is 0 Å². The Hall–Kier alpha value is -1.64. The van der Waals surface area contributed by atoms with Crippen LogP contribution in [0.15, 0.2) is 36.4 Å². The van der Waals surface area contributed by atoms with E-state index in [-0.39, 0.29) is 0 Å². The predicted octanol–water partition coefficient (Wildman–Crippen LogP) is 3.15. The summed E-state index contributed by atoms with van der Waals surface area (Å²) in [4.78, 5) is 0. The summed E-state index contributed by atoms with van der Waals surface area (Å²) in [5.74, 6) is 0. The van der Waals surface area contributed by atoms with E-state index in [9.17, 15) is 5.11 Å². The minimum atomic E-state index is -0.592. The van der Waals surface area contributed by atoms with Crippen molar-refractivity contribution in [2.45, 2.75) is 33.4 Å². The lowest BCUT2D eigenvalue weighted by Gasteiger charge is -2.17. The predicted molar refractivity (Wildman–Crippen MR) is 79.0 cm³/mol. The maximum absolute atomic E-state index is 10.6. The van der Waals surface area contributed by atoms with Crippen molar-refractivity contribution in [3.8, 4) is 0 Å². The molecule has 2 heteroatoms. The average molecular weight is 255 g/mol. The van der Waals surface area contributed by atoms with E-state index in [2.05, 4.69) is 26.0 Å². The standard InChI is InChI=1S/C17H21NO/c1-11-7-13(3)16(8-12(11)2)17(19)15-6-4-5-14(9-15)10-18/h4-9,17,19H,10,18H2,1-3H3. The first kappa shape index (κ1) is 13.8. The number of aliphatic hydroxyl groups excluding tert-OH is 1. The van der Waals surface area contributed by atoms with Crippen molar-refractivity contribution in [1.82, 2.24) is 0 Å². The zero-order chi connectivity index (χ0) is 14.0. The Bertz CT molecular complexity index is 590. The highest BCUT2D eigenvalue weighted by atomic mass is 16.3. The van der Waals surface area contributed by atoms with Gasteiger partial charge < -0.3 is 10.8 Å². The molecule has 1 atom stereocenters. The molecule has 2 nitrogen and oxygen atoms in total. The molecule has 100 valence electrons. The summed E-state index contributed by atoms with van der Waals surface area (Å²) in [5, 5.41) is 10.6. The third kappa shape index (κ3) is 2.86. The Morgan fingerprint density at radius 3 is 2.37 bits per heavy atom. The summed E-state index contributed by atoms with van der Waals surface area (Å²) in [6.45, 7) is 6.69. The van der Waals surface area contributed by atoms with Crippen LogP contribution in [0.2, 0.25) is 0 Å². The molecule has 0 saturated heterocycles. The summed E-state index contributed by atoms with van der Waals surface area (Å²) >= 11 is 0. The van der Waals surface area contributed by atoms with Crippen molar-refractivity contribution in [3.63, 3.8) is 0 Å². The molecule has 0 fully saturated rings. The van der Waals surface area contributed by atoms with Crippen LogP contribution >= 0.6 is 0 Å². The summed E-state index contributed by atoms with van der Waals surface area (Å²) < 4.78 is 0. The van der Waals surface area contributed by atoms with Gasteiger partial charge in [-0.2, -0.15) is 0 Å². The fourth-order valence-electron chi connectivity index (χ4n) is 2.35. The van der Waals surface area contributed by atoms with Gasteiger partial charge >= 0.3 is 0 Å². The Labute approximate surface area is 114 Å². The number of hydrogen-bond acceptors (Lipinski definition) is 2. The lowest BCUT2D eigenvalue weighted by molar-refractivity contribution is 0.219. The van der Waals surface area contributed by atoms with Crippen molar-refractivity contribution in [2.75, 3.05) is 0 Å². The molecule has 2 rings (SSSR count). The molecule has 0 bridgehead atoms. The molecule has 0 saturated carbocycles. The first-order chi connectivity index (χ1) is 9.02. The topological polar surface area (TPSA) is 46.2 Å². The van der Waals surface area contributed by atoms with Crippen LogP contribution in [0.1, 0.15) is 39.5 Å². The highest BCUT2D eigenvalue weighted by Crippen LogP contribution is 2.27. The zero-order valence-electron chi connectivity index (χ0n) is 11.8. The van der Waals surface area contributed by atoms with Crippen LogP contribution in [0.3, 0.4) is 0 Å². The molecule has 0 aliphatic carbocycles. The number of benzene rings is 2. The zero-order valence-corrected chi connectivity index (χ0v) is 11.8. The molecule has 0 aliphatic heterocycles. The average Bonchev–Trinajstić information content (AvgIpc) is 2.42. The SMILES string of the molecule is Cc1cc(C)c(C(O)c2cccc(CN)c2)cc1C. The van der Waals surface area contributed by atoms with Crippen LogP contribution in [0.25, 0.3) is 0 Å². The van der Waals surface area contributed by atoms with Gasteiger partial charge in [0.2, 0.25) is 0 Å². The van der Waals surface area contributed by atoms with E-state index >= 15 is 0 Å². The van der Waals surface area contributed by atoms with E-state index in [0.717, 1.165) is 22.3 Å². The third-order valence-electron chi connectivity index (χ3n) is 3.68. The van der Waals surface area contributed by atoms with Gasteiger partial charge in [-0.3, -0.25) is 0 Å². The molecule has 0 heterocycles. The molecular formula is C17H21NO. The maximum Gasteiger partial charge on any atom is 0.104 e. The first-order valence-corrected chi connectivity index (χ1v) is 6.57. The summed E-state index contributed by atoms with van der Waals surface area (Å²) in [7, 11) is 0. The Kier molecular flexibility index (Phi) is 4.03. The molecule has 0 aliphatic rings. The molecule has 2 aromatic rings. The van der Waals surface area contributed by atoms with Crippen molar-refractivity contribution in [2.24, 2.45) is 5.73 Å². The van der Waals surface area contributed by atoms with E-state index in [1.165, 1.54) is 11.1 Å². The minimum absolute atomic E-state index is 0.493. The van der Waals surface area contributed by atoms with Gasteiger partial charge in [0.25, 0.3) is 0 Å². The Morgan fingerprint density at radius 2 is 1.68 bits per heavy atom. The summed E-state index contributed by atoms with van der Waals surface area (Å²) in [5.41, 5.74) is 12.1. The highest BCUT2D eigenvalue weighted by molar-refractivity contribution is 5.42. The molecule has 0 spiro atoms. The number of aryl methyl sites for hydroxylation is 3. The van der Waals surface area contributed by atoms with Crippen molar-refractivity contribution in [1.29, 1.82) is 0 Å². The van der Waals surface area contributed by atoms with E-state index < -0.39 is 6.10 Å². The van der Waals surface area contributed by atoms with Crippen LogP contribution in [0.5, 0.6) is 0 Å². The molecule has 19 heavy (non-hydrogen) atoms. The molecule has 3 N–H and O–H groups in total. The number of aliphatic hydroxyl groups is 1. The normalized spacial score (nSPS) is 12.5. The van der Waals surface area contributed by atoms with E-state index in [1.807, 2.05) is 31.2 Å². The fraction of sp³-hybridized carbons (Fsp3) is 0.294. The summed E-state index contributed by atoms with van der Waals surface area (Å²) in [6.07, 6.45) is -0.592. The number of nitrogens with two attached hydrogens (primary N) is 1. The number of rotatable bonds is 3. The largest absolute Gasteiger partial charge is 0.384 e. The van der Waals surface area contributed by atoms with Gasteiger partial charge in [0.15, 0.2) is 0 Å². The van der Waals surface area contributed by atoms with Gasteiger partial charge in [-0.25, -0.2) is 0 Å². The van der Waals surface area contributed by atoms with Crippen LogP contribution < -0.4 is 5.73 Å². The summed E-state index contributed by atoms with van der Waals surface area (Å²) in [6, 6.07) is 12.0. The molecule has 0 amide bonds. The third-order valence-corrected chi connectivity index (χ3v) is 3.68. The quantitative estimate of drug-likeness (QED) is 0.885. The maximum atomic E-state index is 10.6. The fourth-order valence-corrected chi connectivity index (χ4v) is 2.35. The van der Waals surface area contributed by atoms with Crippen LogP contribution in [0, 0.1) is 20.8 Å². The van der Waals surface area contributed by atoms with Crippen LogP contribution in [-0.4, -0.2) is 5.11 Å². The Morgan fingerprint density at radius 1 is 1.00 bits per heavy atom. The highest BCUT2D eigenvalue weighted by Gasteiger charge is 2.14. The second kappa shape index (κ2) is 5.55. The van der Waals surface area contributed by atoms with E-state index in [4.69, 9.17) is 5.73 Å². The molecule has 2 aromatic carbocycles.